The highest BCUT2D eigenvalue weighted by molar-refractivity contribution is 5.83. The first-order valence-corrected chi connectivity index (χ1v) is 5.31. The van der Waals surface area contributed by atoms with Crippen molar-refractivity contribution in [3.05, 3.63) is 12.2 Å². The van der Waals surface area contributed by atoms with Gasteiger partial charge >= 0.3 is 0 Å². The molecule has 0 radical (unpaired) electrons. The lowest BCUT2D eigenvalue weighted by molar-refractivity contribution is -0.135. The average Bonchev–Trinajstić information content (AvgIpc) is 2.26. The van der Waals surface area contributed by atoms with Gasteiger partial charge in [0.15, 0.2) is 0 Å². The third-order valence-electron chi connectivity index (χ3n) is 2.87. The minimum atomic E-state index is -0.423. The molecule has 0 unspecified atom stereocenters. The van der Waals surface area contributed by atoms with Gasteiger partial charge in [-0.15, -0.1) is 0 Å². The average molecular weight is 212 g/mol. The highest BCUT2D eigenvalue weighted by atomic mass is 16.5. The van der Waals surface area contributed by atoms with Gasteiger partial charge in [0, 0.05) is 26.3 Å². The Hall–Kier alpha value is -0.870. The molecule has 0 bridgehead atoms. The van der Waals surface area contributed by atoms with Crippen LogP contribution >= 0.6 is 0 Å². The Morgan fingerprint density at radius 2 is 2.13 bits per heavy atom. The monoisotopic (exact) mass is 212 g/mol. The van der Waals surface area contributed by atoms with Crippen LogP contribution in [0.4, 0.5) is 0 Å². The maximum atomic E-state index is 12.0. The highest BCUT2D eigenvalue weighted by Gasteiger charge is 2.38. The van der Waals surface area contributed by atoms with Crippen molar-refractivity contribution < 1.29 is 9.53 Å². The summed E-state index contributed by atoms with van der Waals surface area (Å²) < 4.78 is 5.25. The summed E-state index contributed by atoms with van der Waals surface area (Å²) in [4.78, 5) is 12.0. The van der Waals surface area contributed by atoms with E-state index in [-0.39, 0.29) is 5.91 Å². The number of carbonyl (C=O) groups excluding carboxylic acids is 1. The summed E-state index contributed by atoms with van der Waals surface area (Å²) >= 11 is 0. The zero-order valence-corrected chi connectivity index (χ0v) is 9.34. The standard InChI is InChI=1S/C11H20N2O2/c1-9(2)7-13-10(14)11(8-12)3-5-15-6-4-11/h1,3-8,12H2,2H3,(H,13,14). The molecule has 1 heterocycles. The molecule has 1 amide bonds. The van der Waals surface area contributed by atoms with Crippen LogP contribution in [-0.4, -0.2) is 32.2 Å². The smallest absolute Gasteiger partial charge is 0.227 e. The first-order valence-electron chi connectivity index (χ1n) is 5.31. The molecule has 86 valence electrons. The van der Waals surface area contributed by atoms with Gasteiger partial charge in [0.1, 0.15) is 0 Å². The van der Waals surface area contributed by atoms with E-state index in [0.29, 0.717) is 39.1 Å². The van der Waals surface area contributed by atoms with Crippen molar-refractivity contribution in [1.29, 1.82) is 0 Å². The quantitative estimate of drug-likeness (QED) is 0.664. The second kappa shape index (κ2) is 5.28. The number of amides is 1. The number of nitrogens with two attached hydrogens (primary N) is 1. The normalized spacial score (nSPS) is 19.6. The van der Waals surface area contributed by atoms with E-state index >= 15 is 0 Å². The van der Waals surface area contributed by atoms with E-state index in [2.05, 4.69) is 11.9 Å². The summed E-state index contributed by atoms with van der Waals surface area (Å²) in [5, 5.41) is 2.87. The molecular weight excluding hydrogens is 192 g/mol. The van der Waals surface area contributed by atoms with E-state index in [4.69, 9.17) is 10.5 Å². The van der Waals surface area contributed by atoms with Gasteiger partial charge in [-0.1, -0.05) is 12.2 Å². The van der Waals surface area contributed by atoms with Crippen LogP contribution in [0.5, 0.6) is 0 Å². The van der Waals surface area contributed by atoms with Crippen molar-refractivity contribution in [3.8, 4) is 0 Å². The van der Waals surface area contributed by atoms with Crippen LogP contribution in [0.3, 0.4) is 0 Å². The molecule has 0 aliphatic carbocycles. The Balaban J connectivity index is 2.55. The lowest BCUT2D eigenvalue weighted by Gasteiger charge is -2.34. The Labute approximate surface area is 90.9 Å². The predicted octanol–water partition coefficient (Wildman–Crippen LogP) is 0.434. The minimum Gasteiger partial charge on any atom is -0.381 e. The minimum absolute atomic E-state index is 0.0382. The molecule has 0 saturated carbocycles. The molecule has 1 aliphatic heterocycles. The number of hydrogen-bond donors (Lipinski definition) is 2. The Kier molecular flexibility index (Phi) is 4.29. The molecule has 15 heavy (non-hydrogen) atoms. The van der Waals surface area contributed by atoms with Gasteiger partial charge in [0.2, 0.25) is 5.91 Å². The fourth-order valence-corrected chi connectivity index (χ4v) is 1.70. The van der Waals surface area contributed by atoms with E-state index in [1.807, 2.05) is 6.92 Å². The summed E-state index contributed by atoms with van der Waals surface area (Å²) in [5.74, 6) is 0.0382. The fourth-order valence-electron chi connectivity index (χ4n) is 1.70. The third kappa shape index (κ3) is 3.04. The summed E-state index contributed by atoms with van der Waals surface area (Å²) in [5.41, 5.74) is 6.23. The molecular formula is C11H20N2O2. The van der Waals surface area contributed by atoms with Crippen molar-refractivity contribution in [2.24, 2.45) is 11.1 Å². The van der Waals surface area contributed by atoms with Crippen LogP contribution in [0, 0.1) is 5.41 Å². The zero-order valence-electron chi connectivity index (χ0n) is 9.34. The molecule has 0 spiro atoms. The number of ether oxygens (including phenoxy) is 1. The molecule has 1 fully saturated rings. The Bertz CT molecular complexity index is 245. The lowest BCUT2D eigenvalue weighted by atomic mass is 9.79. The maximum Gasteiger partial charge on any atom is 0.227 e. The summed E-state index contributed by atoms with van der Waals surface area (Å²) in [6, 6.07) is 0. The number of hydrogen-bond acceptors (Lipinski definition) is 3. The highest BCUT2D eigenvalue weighted by Crippen LogP contribution is 2.29. The van der Waals surface area contributed by atoms with Crippen molar-refractivity contribution >= 4 is 5.91 Å². The van der Waals surface area contributed by atoms with Crippen LogP contribution in [0.25, 0.3) is 0 Å². The number of nitrogens with one attached hydrogen (secondary N) is 1. The topological polar surface area (TPSA) is 64.4 Å². The molecule has 1 rings (SSSR count). The van der Waals surface area contributed by atoms with Gasteiger partial charge in [-0.25, -0.2) is 0 Å². The summed E-state index contributed by atoms with van der Waals surface area (Å²) in [7, 11) is 0. The third-order valence-corrected chi connectivity index (χ3v) is 2.87. The molecule has 4 heteroatoms. The van der Waals surface area contributed by atoms with E-state index in [1.54, 1.807) is 0 Å². The van der Waals surface area contributed by atoms with Gasteiger partial charge in [-0.05, 0) is 19.8 Å². The largest absolute Gasteiger partial charge is 0.381 e. The van der Waals surface area contributed by atoms with Gasteiger partial charge < -0.3 is 15.8 Å². The Morgan fingerprint density at radius 1 is 1.53 bits per heavy atom. The van der Waals surface area contributed by atoms with Gasteiger partial charge in [0.05, 0.1) is 5.41 Å². The number of rotatable bonds is 4. The summed E-state index contributed by atoms with van der Waals surface area (Å²) in [6.45, 7) is 7.80. The molecule has 0 aromatic rings. The molecule has 4 nitrogen and oxygen atoms in total. The fraction of sp³-hybridized carbons (Fsp3) is 0.727. The number of carbonyl (C=O) groups is 1. The second-order valence-electron chi connectivity index (χ2n) is 4.24. The van der Waals surface area contributed by atoms with Crippen LogP contribution in [0.2, 0.25) is 0 Å². The zero-order chi connectivity index (χ0) is 11.3. The SMILES string of the molecule is C=C(C)CNC(=O)C1(CN)CCOCC1. The van der Waals surface area contributed by atoms with Crippen LogP contribution in [0.1, 0.15) is 19.8 Å². The molecule has 0 atom stereocenters. The van der Waals surface area contributed by atoms with Gasteiger partial charge in [-0.2, -0.15) is 0 Å². The van der Waals surface area contributed by atoms with Crippen LogP contribution in [0.15, 0.2) is 12.2 Å². The van der Waals surface area contributed by atoms with Gasteiger partial charge in [0.25, 0.3) is 0 Å². The van der Waals surface area contributed by atoms with Crippen LogP contribution in [-0.2, 0) is 9.53 Å². The second-order valence-corrected chi connectivity index (χ2v) is 4.24. The van der Waals surface area contributed by atoms with E-state index in [9.17, 15) is 4.79 Å². The van der Waals surface area contributed by atoms with Crippen molar-refractivity contribution in [2.75, 3.05) is 26.3 Å². The van der Waals surface area contributed by atoms with E-state index in [1.165, 1.54) is 0 Å². The van der Waals surface area contributed by atoms with Gasteiger partial charge in [-0.3, -0.25) is 4.79 Å². The predicted molar refractivity (Wildman–Crippen MR) is 59.4 cm³/mol. The van der Waals surface area contributed by atoms with E-state index in [0.717, 1.165) is 5.57 Å². The molecule has 0 aromatic carbocycles. The first-order chi connectivity index (χ1) is 7.10. The molecule has 1 aliphatic rings. The summed E-state index contributed by atoms with van der Waals surface area (Å²) in [6.07, 6.45) is 1.43. The molecule has 3 N–H and O–H groups in total. The van der Waals surface area contributed by atoms with Crippen LogP contribution < -0.4 is 11.1 Å². The molecule has 0 aromatic heterocycles. The Morgan fingerprint density at radius 3 is 2.60 bits per heavy atom. The maximum absolute atomic E-state index is 12.0. The van der Waals surface area contributed by atoms with Crippen molar-refractivity contribution in [1.82, 2.24) is 5.32 Å². The van der Waals surface area contributed by atoms with E-state index < -0.39 is 5.41 Å². The van der Waals surface area contributed by atoms with Crippen molar-refractivity contribution in [3.63, 3.8) is 0 Å². The lowest BCUT2D eigenvalue weighted by Crippen LogP contribution is -2.49. The molecule has 1 saturated heterocycles. The first kappa shape index (κ1) is 12.2. The van der Waals surface area contributed by atoms with Crippen molar-refractivity contribution in [2.45, 2.75) is 19.8 Å².